The Balaban J connectivity index is 1.87. The van der Waals surface area contributed by atoms with E-state index in [2.05, 4.69) is 0 Å². The molecule has 0 bridgehead atoms. The Morgan fingerprint density at radius 3 is 2.83 bits per heavy atom. The number of carboxylic acids is 1. The van der Waals surface area contributed by atoms with Crippen molar-refractivity contribution in [1.82, 2.24) is 4.90 Å². The number of carboxylic acid groups (broad SMARTS) is 1. The number of rotatable bonds is 3. The zero-order valence-corrected chi connectivity index (χ0v) is 12.6. The number of nitrogens with zero attached hydrogens (tertiary/aromatic N) is 1. The van der Waals surface area contributed by atoms with Gasteiger partial charge in [0.2, 0.25) is 0 Å². The fourth-order valence-corrected chi connectivity index (χ4v) is 2.85. The molecule has 0 saturated heterocycles. The van der Waals surface area contributed by atoms with Crippen molar-refractivity contribution < 1.29 is 23.5 Å². The van der Waals surface area contributed by atoms with Crippen LogP contribution in [-0.4, -0.2) is 28.4 Å². The molecular formula is C17H16FNO4. The van der Waals surface area contributed by atoms with Crippen molar-refractivity contribution in [3.63, 3.8) is 0 Å². The molecule has 120 valence electrons. The lowest BCUT2D eigenvalue weighted by molar-refractivity contribution is 0.0686. The van der Waals surface area contributed by atoms with Crippen molar-refractivity contribution in [2.45, 2.75) is 26.3 Å². The Morgan fingerprint density at radius 1 is 1.39 bits per heavy atom. The number of halogens is 1. The summed E-state index contributed by atoms with van der Waals surface area (Å²) in [6, 6.07) is 6.13. The van der Waals surface area contributed by atoms with E-state index >= 15 is 0 Å². The van der Waals surface area contributed by atoms with Crippen LogP contribution in [0.3, 0.4) is 0 Å². The predicted molar refractivity (Wildman–Crippen MR) is 79.9 cm³/mol. The van der Waals surface area contributed by atoms with Gasteiger partial charge in [0.1, 0.15) is 17.1 Å². The minimum Gasteiger partial charge on any atom is -0.478 e. The molecule has 0 atom stereocenters. The Bertz CT molecular complexity index is 781. The monoisotopic (exact) mass is 317 g/mol. The van der Waals surface area contributed by atoms with Crippen LogP contribution in [0.4, 0.5) is 4.39 Å². The largest absolute Gasteiger partial charge is 0.478 e. The zero-order valence-electron chi connectivity index (χ0n) is 12.6. The minimum atomic E-state index is -1.13. The van der Waals surface area contributed by atoms with E-state index in [4.69, 9.17) is 9.52 Å². The number of hydrogen-bond donors (Lipinski definition) is 1. The number of fused-ring (bicyclic) bond motifs is 1. The van der Waals surface area contributed by atoms with Gasteiger partial charge in [-0.2, -0.15) is 0 Å². The van der Waals surface area contributed by atoms with E-state index in [9.17, 15) is 14.0 Å². The molecule has 1 aliphatic rings. The third-order valence-corrected chi connectivity index (χ3v) is 4.07. The Kier molecular flexibility index (Phi) is 3.90. The van der Waals surface area contributed by atoms with Crippen LogP contribution >= 0.6 is 0 Å². The van der Waals surface area contributed by atoms with Gasteiger partial charge in [0.25, 0.3) is 5.91 Å². The van der Waals surface area contributed by atoms with E-state index in [1.807, 2.05) is 6.07 Å². The molecule has 2 aromatic rings. The van der Waals surface area contributed by atoms with Crippen LogP contribution in [0.5, 0.6) is 0 Å². The van der Waals surface area contributed by atoms with Crippen molar-refractivity contribution in [2.75, 3.05) is 6.54 Å². The number of aromatic carboxylic acids is 1. The molecule has 1 N–H and O–H groups in total. The molecule has 6 heteroatoms. The highest BCUT2D eigenvalue weighted by molar-refractivity contribution is 5.96. The summed E-state index contributed by atoms with van der Waals surface area (Å²) in [7, 11) is 0. The van der Waals surface area contributed by atoms with E-state index < -0.39 is 11.9 Å². The second-order valence-electron chi connectivity index (χ2n) is 5.46. The molecule has 0 unspecified atom stereocenters. The molecule has 0 fully saturated rings. The lowest BCUT2D eigenvalue weighted by Crippen LogP contribution is -2.36. The van der Waals surface area contributed by atoms with E-state index in [0.29, 0.717) is 24.9 Å². The van der Waals surface area contributed by atoms with Crippen molar-refractivity contribution in [1.29, 1.82) is 0 Å². The smallest absolute Gasteiger partial charge is 0.339 e. The lowest BCUT2D eigenvalue weighted by Gasteiger charge is -2.28. The molecule has 23 heavy (non-hydrogen) atoms. The molecule has 1 aromatic carbocycles. The summed E-state index contributed by atoms with van der Waals surface area (Å²) >= 11 is 0. The van der Waals surface area contributed by atoms with E-state index in [0.717, 1.165) is 5.56 Å². The first-order chi connectivity index (χ1) is 11.0. The topological polar surface area (TPSA) is 70.8 Å². The van der Waals surface area contributed by atoms with Crippen molar-refractivity contribution in [3.05, 3.63) is 58.3 Å². The first kappa shape index (κ1) is 15.3. The lowest BCUT2D eigenvalue weighted by atomic mass is 9.99. The number of hydrogen-bond acceptors (Lipinski definition) is 3. The van der Waals surface area contributed by atoms with Gasteiger partial charge in [0.05, 0.1) is 0 Å². The summed E-state index contributed by atoms with van der Waals surface area (Å²) in [6.45, 7) is 2.36. The van der Waals surface area contributed by atoms with Crippen LogP contribution < -0.4 is 0 Å². The van der Waals surface area contributed by atoms with Gasteiger partial charge in [-0.1, -0.05) is 19.1 Å². The van der Waals surface area contributed by atoms with Crippen molar-refractivity contribution in [3.8, 4) is 0 Å². The van der Waals surface area contributed by atoms with Crippen LogP contribution in [0.15, 0.2) is 28.7 Å². The normalized spacial score (nSPS) is 13.7. The molecule has 0 saturated carbocycles. The number of carbonyl (C=O) groups excluding carboxylic acids is 1. The second kappa shape index (κ2) is 5.87. The maximum absolute atomic E-state index is 13.9. The minimum absolute atomic E-state index is 0.000518. The van der Waals surface area contributed by atoms with Gasteiger partial charge in [0, 0.05) is 31.1 Å². The quantitative estimate of drug-likeness (QED) is 0.945. The molecule has 1 aliphatic heterocycles. The summed E-state index contributed by atoms with van der Waals surface area (Å²) in [5, 5.41) is 9.13. The summed E-state index contributed by atoms with van der Waals surface area (Å²) in [6.07, 6.45) is 0.943. The first-order valence-corrected chi connectivity index (χ1v) is 7.42. The van der Waals surface area contributed by atoms with Crippen LogP contribution in [-0.2, 0) is 19.4 Å². The fourth-order valence-electron chi connectivity index (χ4n) is 2.85. The Morgan fingerprint density at radius 2 is 2.17 bits per heavy atom. The number of amides is 1. The highest BCUT2D eigenvalue weighted by Crippen LogP contribution is 2.24. The SMILES string of the molecule is CCc1oc(C(=O)N2CCc3cccc(F)c3C2)cc1C(=O)O. The van der Waals surface area contributed by atoms with Crippen LogP contribution in [0.1, 0.15) is 44.7 Å². The van der Waals surface area contributed by atoms with Gasteiger partial charge >= 0.3 is 5.97 Å². The number of carbonyl (C=O) groups is 2. The van der Waals surface area contributed by atoms with Gasteiger partial charge in [-0.05, 0) is 18.1 Å². The van der Waals surface area contributed by atoms with Crippen molar-refractivity contribution >= 4 is 11.9 Å². The van der Waals surface area contributed by atoms with Gasteiger partial charge < -0.3 is 14.4 Å². The molecule has 1 aromatic heterocycles. The molecule has 0 radical (unpaired) electrons. The highest BCUT2D eigenvalue weighted by Gasteiger charge is 2.27. The van der Waals surface area contributed by atoms with E-state index in [1.54, 1.807) is 13.0 Å². The molecule has 1 amide bonds. The summed E-state index contributed by atoms with van der Waals surface area (Å²) in [5.74, 6) is -1.62. The highest BCUT2D eigenvalue weighted by atomic mass is 19.1. The van der Waals surface area contributed by atoms with Gasteiger partial charge in [-0.15, -0.1) is 0 Å². The van der Waals surface area contributed by atoms with Gasteiger partial charge in [0.15, 0.2) is 5.76 Å². The first-order valence-electron chi connectivity index (χ1n) is 7.42. The predicted octanol–water partition coefficient (Wildman–Crippen LogP) is 2.88. The Hall–Kier alpha value is -2.63. The molecule has 5 nitrogen and oxygen atoms in total. The maximum Gasteiger partial charge on any atom is 0.339 e. The van der Waals surface area contributed by atoms with Crippen LogP contribution in [0, 0.1) is 5.82 Å². The number of aryl methyl sites for hydroxylation is 1. The third-order valence-electron chi connectivity index (χ3n) is 4.07. The standard InChI is InChI=1S/C17H16FNO4/c1-2-14-11(17(21)22)8-15(23-14)16(20)19-7-6-10-4-3-5-13(18)12(10)9-19/h3-5,8H,2,6-7,9H2,1H3,(H,21,22). The second-order valence-corrected chi connectivity index (χ2v) is 5.46. The van der Waals surface area contributed by atoms with Crippen LogP contribution in [0.2, 0.25) is 0 Å². The van der Waals surface area contributed by atoms with Gasteiger partial charge in [-0.3, -0.25) is 4.79 Å². The third kappa shape index (κ3) is 2.72. The molecule has 0 aliphatic carbocycles. The summed E-state index contributed by atoms with van der Waals surface area (Å²) < 4.78 is 19.3. The van der Waals surface area contributed by atoms with E-state index in [1.165, 1.54) is 17.0 Å². The summed E-state index contributed by atoms with van der Waals surface area (Å²) in [4.78, 5) is 25.2. The summed E-state index contributed by atoms with van der Waals surface area (Å²) in [5.41, 5.74) is 1.40. The molecule has 3 rings (SSSR count). The zero-order chi connectivity index (χ0) is 16.6. The van der Waals surface area contributed by atoms with Gasteiger partial charge in [-0.25, -0.2) is 9.18 Å². The van der Waals surface area contributed by atoms with Crippen molar-refractivity contribution in [2.24, 2.45) is 0 Å². The Labute approximate surface area is 132 Å². The maximum atomic E-state index is 13.9. The van der Waals surface area contributed by atoms with Crippen LogP contribution in [0.25, 0.3) is 0 Å². The average molecular weight is 317 g/mol. The number of furan rings is 1. The number of benzene rings is 1. The molecule has 0 spiro atoms. The van der Waals surface area contributed by atoms with E-state index in [-0.39, 0.29) is 29.4 Å². The molecular weight excluding hydrogens is 301 g/mol. The fraction of sp³-hybridized carbons (Fsp3) is 0.294. The average Bonchev–Trinajstić information content (AvgIpc) is 2.99. The molecule has 2 heterocycles.